The molecule has 3 N–H and O–H groups in total. The summed E-state index contributed by atoms with van der Waals surface area (Å²) in [5.41, 5.74) is 5.27. The van der Waals surface area contributed by atoms with Crippen LogP contribution in [0.5, 0.6) is 11.5 Å². The van der Waals surface area contributed by atoms with Gasteiger partial charge < -0.3 is 24.9 Å². The van der Waals surface area contributed by atoms with Crippen LogP contribution in [-0.2, 0) is 4.79 Å². The third-order valence-electron chi connectivity index (χ3n) is 3.52. The molecule has 0 saturated carbocycles. The Morgan fingerprint density at radius 1 is 1.30 bits per heavy atom. The molecule has 0 aliphatic rings. The summed E-state index contributed by atoms with van der Waals surface area (Å²) in [6.45, 7) is -0.418. The second kappa shape index (κ2) is 7.73. The van der Waals surface area contributed by atoms with E-state index in [4.69, 9.17) is 42.8 Å². The number of halogens is 2. The van der Waals surface area contributed by atoms with Crippen molar-refractivity contribution in [3.8, 4) is 11.5 Å². The van der Waals surface area contributed by atoms with E-state index in [2.05, 4.69) is 10.3 Å². The zero-order valence-corrected chi connectivity index (χ0v) is 15.4. The summed E-state index contributed by atoms with van der Waals surface area (Å²) in [6, 6.07) is 4.49. The number of hydrogen-bond donors (Lipinski definition) is 2. The molecule has 27 heavy (non-hydrogen) atoms. The monoisotopic (exact) mass is 409 g/mol. The molecule has 0 unspecified atom stereocenters. The first kappa shape index (κ1) is 18.8. The first-order chi connectivity index (χ1) is 12.9. The van der Waals surface area contributed by atoms with Crippen molar-refractivity contribution in [2.45, 2.75) is 0 Å². The maximum atomic E-state index is 12.1. The number of ether oxygens (including phenoxy) is 2. The van der Waals surface area contributed by atoms with Gasteiger partial charge >= 0.3 is 5.63 Å². The average molecular weight is 410 g/mol. The van der Waals surface area contributed by atoms with Crippen LogP contribution in [0.1, 0.15) is 0 Å². The summed E-state index contributed by atoms with van der Waals surface area (Å²) in [6.07, 6.45) is 2.82. The predicted molar refractivity (Wildman–Crippen MR) is 101 cm³/mol. The molecule has 0 radical (unpaired) electrons. The Balaban J connectivity index is 2.18. The number of nitrogens with one attached hydrogen (secondary N) is 1. The molecule has 2 aromatic heterocycles. The Kier molecular flexibility index (Phi) is 5.38. The van der Waals surface area contributed by atoms with Crippen molar-refractivity contribution < 1.29 is 18.7 Å². The van der Waals surface area contributed by atoms with E-state index in [1.54, 1.807) is 12.1 Å². The van der Waals surface area contributed by atoms with Gasteiger partial charge in [-0.25, -0.2) is 4.79 Å². The molecule has 1 aromatic carbocycles. The maximum Gasteiger partial charge on any atom is 0.338 e. The molecule has 0 fully saturated rings. The number of anilines is 2. The number of methoxy groups -OCH3 is 1. The summed E-state index contributed by atoms with van der Waals surface area (Å²) in [4.78, 5) is 27.0. The molecule has 3 aromatic rings. The molecular weight excluding hydrogens is 397 g/mol. The molecule has 3 rings (SSSR count). The topological polar surface area (TPSA) is 117 Å². The fraction of sp³-hybridized carbons (Fsp3) is 0.118. The van der Waals surface area contributed by atoms with E-state index in [0.717, 1.165) is 0 Å². The summed E-state index contributed by atoms with van der Waals surface area (Å²) in [5, 5.41) is 4.01. The molecule has 10 heteroatoms. The van der Waals surface area contributed by atoms with Crippen molar-refractivity contribution in [1.82, 2.24) is 4.98 Å². The van der Waals surface area contributed by atoms with Gasteiger partial charge in [0.05, 0.1) is 28.5 Å². The lowest BCUT2D eigenvalue weighted by Gasteiger charge is -2.15. The van der Waals surface area contributed by atoms with Crippen molar-refractivity contribution in [2.75, 3.05) is 19.0 Å². The number of nitrogens with two attached hydrogens (primary N) is 1. The first-order valence-electron chi connectivity index (χ1n) is 7.52. The number of primary amides is 1. The molecule has 1 amide bonds. The summed E-state index contributed by atoms with van der Waals surface area (Å²) >= 11 is 12.3. The summed E-state index contributed by atoms with van der Waals surface area (Å²) in [7, 11) is 1.41. The van der Waals surface area contributed by atoms with Crippen LogP contribution in [0.4, 0.5) is 11.4 Å². The van der Waals surface area contributed by atoms with Gasteiger partial charge in [0.25, 0.3) is 5.91 Å². The third-order valence-corrected chi connectivity index (χ3v) is 4.10. The second-order valence-corrected chi connectivity index (χ2v) is 6.13. The van der Waals surface area contributed by atoms with Gasteiger partial charge in [-0.05, 0) is 12.1 Å². The lowest BCUT2D eigenvalue weighted by atomic mass is 10.1. The lowest BCUT2D eigenvalue weighted by Crippen LogP contribution is -2.20. The number of nitrogens with zero attached hydrogens (tertiary/aromatic N) is 1. The summed E-state index contributed by atoms with van der Waals surface area (Å²) in [5.74, 6) is -0.355. The zero-order valence-electron chi connectivity index (χ0n) is 13.9. The molecule has 0 spiro atoms. The number of benzene rings is 1. The zero-order chi connectivity index (χ0) is 19.6. The minimum absolute atomic E-state index is 0.0708. The number of hydrogen-bond acceptors (Lipinski definition) is 7. The molecule has 140 valence electrons. The highest BCUT2D eigenvalue weighted by Crippen LogP contribution is 2.39. The van der Waals surface area contributed by atoms with Gasteiger partial charge in [-0.2, -0.15) is 0 Å². The normalized spacial score (nSPS) is 10.6. The van der Waals surface area contributed by atoms with Gasteiger partial charge in [0, 0.05) is 23.8 Å². The Morgan fingerprint density at radius 3 is 2.63 bits per heavy atom. The van der Waals surface area contributed by atoms with Crippen LogP contribution in [0, 0.1) is 0 Å². The molecule has 0 aliphatic carbocycles. The van der Waals surface area contributed by atoms with Crippen molar-refractivity contribution in [3.63, 3.8) is 0 Å². The van der Waals surface area contributed by atoms with Crippen LogP contribution < -0.4 is 26.1 Å². The maximum absolute atomic E-state index is 12.1. The quantitative estimate of drug-likeness (QED) is 0.600. The first-order valence-corrected chi connectivity index (χ1v) is 8.28. The van der Waals surface area contributed by atoms with Crippen LogP contribution in [0.3, 0.4) is 0 Å². The average Bonchev–Trinajstić information content (AvgIpc) is 2.62. The highest BCUT2D eigenvalue weighted by molar-refractivity contribution is 6.39. The van der Waals surface area contributed by atoms with Gasteiger partial charge in [0.15, 0.2) is 17.9 Å². The minimum atomic E-state index is -0.693. The largest absolute Gasteiger partial charge is 0.493 e. The Hall–Kier alpha value is -2.97. The van der Waals surface area contributed by atoms with Gasteiger partial charge in [-0.15, -0.1) is 0 Å². The van der Waals surface area contributed by atoms with Crippen molar-refractivity contribution in [2.24, 2.45) is 5.73 Å². The van der Waals surface area contributed by atoms with Crippen LogP contribution >= 0.6 is 23.2 Å². The number of rotatable bonds is 6. The van der Waals surface area contributed by atoms with Crippen molar-refractivity contribution >= 4 is 51.5 Å². The van der Waals surface area contributed by atoms with E-state index >= 15 is 0 Å². The predicted octanol–water partition coefficient (Wildman–Crippen LogP) is 3.11. The molecule has 0 aliphatic heterocycles. The number of carbonyl (C=O) groups is 1. The number of fused-ring (bicyclic) bond motifs is 1. The molecular formula is C17H13Cl2N3O5. The molecule has 2 heterocycles. The Morgan fingerprint density at radius 2 is 2.00 bits per heavy atom. The van der Waals surface area contributed by atoms with Gasteiger partial charge in [-0.1, -0.05) is 23.2 Å². The second-order valence-electron chi connectivity index (χ2n) is 5.31. The van der Waals surface area contributed by atoms with E-state index in [1.807, 2.05) is 0 Å². The molecule has 0 saturated heterocycles. The van der Waals surface area contributed by atoms with Crippen LogP contribution in [0.2, 0.25) is 10.0 Å². The van der Waals surface area contributed by atoms with E-state index in [9.17, 15) is 9.59 Å². The van der Waals surface area contributed by atoms with E-state index < -0.39 is 18.1 Å². The molecule has 0 atom stereocenters. The minimum Gasteiger partial charge on any atom is -0.493 e. The van der Waals surface area contributed by atoms with E-state index in [-0.39, 0.29) is 27.1 Å². The van der Waals surface area contributed by atoms with Gasteiger partial charge in [0.2, 0.25) is 5.75 Å². The van der Waals surface area contributed by atoms with E-state index in [0.29, 0.717) is 16.8 Å². The van der Waals surface area contributed by atoms with Gasteiger partial charge in [-0.3, -0.25) is 9.78 Å². The smallest absolute Gasteiger partial charge is 0.338 e. The SMILES string of the molecule is COc1ccc2c(Nc3c(Cl)cncc3Cl)cc(=O)oc2c1OCC(N)=O. The van der Waals surface area contributed by atoms with Crippen LogP contribution in [0.25, 0.3) is 11.0 Å². The van der Waals surface area contributed by atoms with E-state index in [1.165, 1.54) is 25.6 Å². The highest BCUT2D eigenvalue weighted by Gasteiger charge is 2.18. The fourth-order valence-electron chi connectivity index (χ4n) is 2.39. The number of pyridine rings is 1. The van der Waals surface area contributed by atoms with Crippen molar-refractivity contribution in [3.05, 3.63) is 51.1 Å². The Labute approximate surface area is 162 Å². The molecule has 8 nitrogen and oxygen atoms in total. The standard InChI is InChI=1S/C17H13Cl2N3O5/c1-25-12-3-2-8-11(22-15-9(18)5-21-6-10(15)19)4-14(24)27-16(8)17(12)26-7-13(20)23/h2-6H,7H2,1H3,(H2,20,23)(H,21,22). The number of carbonyl (C=O) groups excluding carboxylic acids is 1. The fourth-order valence-corrected chi connectivity index (χ4v) is 2.85. The highest BCUT2D eigenvalue weighted by atomic mass is 35.5. The van der Waals surface area contributed by atoms with Crippen LogP contribution in [-0.4, -0.2) is 24.6 Å². The Bertz CT molecular complexity index is 1060. The number of amides is 1. The lowest BCUT2D eigenvalue weighted by molar-refractivity contribution is -0.119. The summed E-state index contributed by atoms with van der Waals surface area (Å²) < 4.78 is 15.9. The third kappa shape index (κ3) is 3.91. The van der Waals surface area contributed by atoms with Crippen molar-refractivity contribution in [1.29, 1.82) is 0 Å². The van der Waals surface area contributed by atoms with Crippen LogP contribution in [0.15, 0.2) is 39.8 Å². The number of aromatic nitrogens is 1. The molecule has 0 bridgehead atoms. The van der Waals surface area contributed by atoms with Gasteiger partial charge in [0.1, 0.15) is 0 Å².